The van der Waals surface area contributed by atoms with Crippen molar-refractivity contribution in [1.82, 2.24) is 15.5 Å². The fraction of sp³-hybridized carbons (Fsp3) is 0.833. The van der Waals surface area contributed by atoms with E-state index in [2.05, 4.69) is 15.5 Å². The van der Waals surface area contributed by atoms with E-state index >= 15 is 0 Å². The first kappa shape index (κ1) is 14.0. The molecule has 98 valence electrons. The van der Waals surface area contributed by atoms with Crippen LogP contribution in [0.25, 0.3) is 0 Å². The molecule has 5 heteroatoms. The van der Waals surface area contributed by atoms with Crippen LogP contribution in [0.15, 0.2) is 0 Å². The summed E-state index contributed by atoms with van der Waals surface area (Å²) in [4.78, 5) is 24.9. The standard InChI is InChI=1S/C12H23N3O2/c1-2-13-12(17)14-11(16)10-15-8-6-4-3-5-7-9-15/h2-10H2,1H3,(H2,13,14,16,17). The molecule has 0 atom stereocenters. The van der Waals surface area contributed by atoms with E-state index in [1.54, 1.807) is 0 Å². The zero-order valence-corrected chi connectivity index (χ0v) is 10.6. The maximum atomic E-state index is 11.6. The molecule has 0 spiro atoms. The number of nitrogens with one attached hydrogen (secondary N) is 2. The number of carbonyl (C=O) groups excluding carboxylic acids is 2. The second-order valence-electron chi connectivity index (χ2n) is 4.45. The van der Waals surface area contributed by atoms with Crippen molar-refractivity contribution in [2.75, 3.05) is 26.2 Å². The van der Waals surface area contributed by atoms with Gasteiger partial charge in [-0.15, -0.1) is 0 Å². The zero-order valence-electron chi connectivity index (χ0n) is 10.6. The fourth-order valence-corrected chi connectivity index (χ4v) is 2.05. The normalized spacial score (nSPS) is 17.9. The molecule has 1 heterocycles. The molecule has 1 aliphatic heterocycles. The van der Waals surface area contributed by atoms with Gasteiger partial charge in [0, 0.05) is 6.54 Å². The van der Waals surface area contributed by atoms with Gasteiger partial charge < -0.3 is 5.32 Å². The van der Waals surface area contributed by atoms with Crippen molar-refractivity contribution in [2.45, 2.75) is 39.0 Å². The molecule has 0 saturated carbocycles. The average Bonchev–Trinajstić information content (AvgIpc) is 2.22. The lowest BCUT2D eigenvalue weighted by Gasteiger charge is -2.23. The summed E-state index contributed by atoms with van der Waals surface area (Å²) in [5.74, 6) is -0.212. The topological polar surface area (TPSA) is 61.4 Å². The van der Waals surface area contributed by atoms with E-state index in [4.69, 9.17) is 0 Å². The lowest BCUT2D eigenvalue weighted by Crippen LogP contribution is -2.45. The van der Waals surface area contributed by atoms with Crippen molar-refractivity contribution in [2.24, 2.45) is 0 Å². The van der Waals surface area contributed by atoms with Gasteiger partial charge in [-0.3, -0.25) is 15.0 Å². The van der Waals surface area contributed by atoms with E-state index < -0.39 is 6.03 Å². The minimum absolute atomic E-state index is 0.212. The predicted octanol–water partition coefficient (Wildman–Crippen LogP) is 1.10. The van der Waals surface area contributed by atoms with E-state index in [0.717, 1.165) is 25.9 Å². The number of hydrogen-bond acceptors (Lipinski definition) is 3. The first-order valence-corrected chi connectivity index (χ1v) is 6.52. The van der Waals surface area contributed by atoms with Crippen molar-refractivity contribution in [1.29, 1.82) is 0 Å². The summed E-state index contributed by atoms with van der Waals surface area (Å²) in [6.07, 6.45) is 6.09. The Hall–Kier alpha value is -1.10. The summed E-state index contributed by atoms with van der Waals surface area (Å²) >= 11 is 0. The van der Waals surface area contributed by atoms with Crippen LogP contribution in [0.4, 0.5) is 4.79 Å². The van der Waals surface area contributed by atoms with Crippen LogP contribution in [-0.2, 0) is 4.79 Å². The highest BCUT2D eigenvalue weighted by Gasteiger charge is 2.13. The molecule has 3 amide bonds. The predicted molar refractivity (Wildman–Crippen MR) is 66.7 cm³/mol. The summed E-state index contributed by atoms with van der Waals surface area (Å²) in [7, 11) is 0. The number of urea groups is 1. The van der Waals surface area contributed by atoms with E-state index in [1.807, 2.05) is 6.92 Å². The van der Waals surface area contributed by atoms with Gasteiger partial charge in [0.25, 0.3) is 0 Å². The Balaban J connectivity index is 2.25. The van der Waals surface area contributed by atoms with Crippen LogP contribution in [0.3, 0.4) is 0 Å². The molecule has 1 rings (SSSR count). The van der Waals surface area contributed by atoms with E-state index in [9.17, 15) is 9.59 Å². The van der Waals surface area contributed by atoms with Crippen molar-refractivity contribution < 1.29 is 9.59 Å². The SMILES string of the molecule is CCNC(=O)NC(=O)CN1CCCCCCC1. The zero-order chi connectivity index (χ0) is 12.5. The highest BCUT2D eigenvalue weighted by atomic mass is 16.2. The van der Waals surface area contributed by atoms with E-state index in [1.165, 1.54) is 19.3 Å². The van der Waals surface area contributed by atoms with Crippen LogP contribution in [0.2, 0.25) is 0 Å². The molecular formula is C12H23N3O2. The Labute approximate surface area is 103 Å². The number of nitrogens with zero attached hydrogens (tertiary/aromatic N) is 1. The van der Waals surface area contributed by atoms with Gasteiger partial charge >= 0.3 is 6.03 Å². The number of amides is 3. The smallest absolute Gasteiger partial charge is 0.321 e. The number of hydrogen-bond donors (Lipinski definition) is 2. The number of carbonyl (C=O) groups is 2. The van der Waals surface area contributed by atoms with E-state index in [0.29, 0.717) is 13.1 Å². The van der Waals surface area contributed by atoms with Gasteiger partial charge in [0.15, 0.2) is 0 Å². The molecule has 1 fully saturated rings. The van der Waals surface area contributed by atoms with Gasteiger partial charge in [-0.2, -0.15) is 0 Å². The maximum Gasteiger partial charge on any atom is 0.321 e. The molecule has 0 radical (unpaired) electrons. The van der Waals surface area contributed by atoms with Crippen molar-refractivity contribution in [3.63, 3.8) is 0 Å². The number of likely N-dealkylation sites (tertiary alicyclic amines) is 1. The minimum atomic E-state index is -0.399. The van der Waals surface area contributed by atoms with Crippen LogP contribution in [0.1, 0.15) is 39.0 Å². The average molecular weight is 241 g/mol. The first-order valence-electron chi connectivity index (χ1n) is 6.52. The Morgan fingerprint density at radius 3 is 2.24 bits per heavy atom. The molecule has 1 aliphatic rings. The van der Waals surface area contributed by atoms with Crippen molar-refractivity contribution in [3.05, 3.63) is 0 Å². The molecule has 5 nitrogen and oxygen atoms in total. The van der Waals surface area contributed by atoms with Gasteiger partial charge in [0.1, 0.15) is 0 Å². The fourth-order valence-electron chi connectivity index (χ4n) is 2.05. The quantitative estimate of drug-likeness (QED) is 0.777. The van der Waals surface area contributed by atoms with Crippen LogP contribution in [0.5, 0.6) is 0 Å². The summed E-state index contributed by atoms with van der Waals surface area (Å²) in [5.41, 5.74) is 0. The van der Waals surface area contributed by atoms with Gasteiger partial charge in [-0.25, -0.2) is 4.79 Å². The molecule has 0 aliphatic carbocycles. The second-order valence-corrected chi connectivity index (χ2v) is 4.45. The Kier molecular flexibility index (Phi) is 6.62. The van der Waals surface area contributed by atoms with Crippen molar-refractivity contribution in [3.8, 4) is 0 Å². The van der Waals surface area contributed by atoms with Gasteiger partial charge in [0.05, 0.1) is 6.54 Å². The lowest BCUT2D eigenvalue weighted by molar-refractivity contribution is -0.121. The van der Waals surface area contributed by atoms with Crippen LogP contribution < -0.4 is 10.6 Å². The Morgan fingerprint density at radius 1 is 1.06 bits per heavy atom. The number of rotatable bonds is 3. The van der Waals surface area contributed by atoms with Gasteiger partial charge in [-0.1, -0.05) is 19.3 Å². The molecule has 17 heavy (non-hydrogen) atoms. The Morgan fingerprint density at radius 2 is 1.65 bits per heavy atom. The molecular weight excluding hydrogens is 218 g/mol. The van der Waals surface area contributed by atoms with Crippen LogP contribution in [-0.4, -0.2) is 43.0 Å². The van der Waals surface area contributed by atoms with Crippen molar-refractivity contribution >= 4 is 11.9 Å². The monoisotopic (exact) mass is 241 g/mol. The molecule has 0 unspecified atom stereocenters. The molecule has 0 aromatic heterocycles. The third-order valence-corrected chi connectivity index (χ3v) is 2.91. The molecule has 1 saturated heterocycles. The summed E-state index contributed by atoms with van der Waals surface area (Å²) in [5, 5.41) is 4.88. The largest absolute Gasteiger partial charge is 0.338 e. The lowest BCUT2D eigenvalue weighted by atomic mass is 10.1. The maximum absolute atomic E-state index is 11.6. The molecule has 0 bridgehead atoms. The third kappa shape index (κ3) is 6.26. The van der Waals surface area contributed by atoms with Crippen LogP contribution in [0, 0.1) is 0 Å². The Bertz CT molecular complexity index is 248. The highest BCUT2D eigenvalue weighted by Crippen LogP contribution is 2.09. The van der Waals surface area contributed by atoms with E-state index in [-0.39, 0.29) is 5.91 Å². The van der Waals surface area contributed by atoms with Gasteiger partial charge in [-0.05, 0) is 32.9 Å². The molecule has 0 aromatic rings. The highest BCUT2D eigenvalue weighted by molar-refractivity contribution is 5.95. The second kappa shape index (κ2) is 8.06. The van der Waals surface area contributed by atoms with Gasteiger partial charge in [0.2, 0.25) is 5.91 Å². The third-order valence-electron chi connectivity index (χ3n) is 2.91. The number of imide groups is 1. The summed E-state index contributed by atoms with van der Waals surface area (Å²) in [6, 6.07) is -0.399. The molecule has 2 N–H and O–H groups in total. The minimum Gasteiger partial charge on any atom is -0.338 e. The molecule has 0 aromatic carbocycles. The first-order chi connectivity index (χ1) is 8.22. The van der Waals surface area contributed by atoms with Crippen LogP contribution >= 0.6 is 0 Å². The summed E-state index contributed by atoms with van der Waals surface area (Å²) < 4.78 is 0. The summed E-state index contributed by atoms with van der Waals surface area (Å²) in [6.45, 7) is 4.61.